The van der Waals surface area contributed by atoms with Crippen LogP contribution in [0.5, 0.6) is 11.5 Å². The van der Waals surface area contributed by atoms with Gasteiger partial charge in [-0.15, -0.1) is 0 Å². The van der Waals surface area contributed by atoms with Crippen molar-refractivity contribution in [1.29, 1.82) is 0 Å². The molecule has 0 aliphatic rings. The minimum atomic E-state index is -0.139. The number of pyridine rings is 1. The molecule has 0 radical (unpaired) electrons. The number of aromatic nitrogens is 3. The van der Waals surface area contributed by atoms with Crippen LogP contribution in [0.3, 0.4) is 0 Å². The van der Waals surface area contributed by atoms with E-state index in [9.17, 15) is 10.2 Å². The van der Waals surface area contributed by atoms with Crippen LogP contribution >= 0.6 is 0 Å². The maximum absolute atomic E-state index is 10.4. The van der Waals surface area contributed by atoms with Gasteiger partial charge in [-0.25, -0.2) is 9.97 Å². The number of anilines is 1. The molecule has 0 fully saturated rings. The molecule has 33 heavy (non-hydrogen) atoms. The third-order valence-electron chi connectivity index (χ3n) is 5.83. The molecule has 8 nitrogen and oxygen atoms in total. The number of fused-ring (bicyclic) bond motifs is 3. The van der Waals surface area contributed by atoms with Crippen LogP contribution in [0.1, 0.15) is 36.7 Å². The Hall–Kier alpha value is -3.36. The molecule has 0 bridgehead atoms. The van der Waals surface area contributed by atoms with Crippen LogP contribution in [0.2, 0.25) is 0 Å². The van der Waals surface area contributed by atoms with Gasteiger partial charge in [0.25, 0.3) is 0 Å². The van der Waals surface area contributed by atoms with E-state index in [1.165, 1.54) is 6.07 Å². The van der Waals surface area contributed by atoms with E-state index in [2.05, 4.69) is 22.5 Å². The summed E-state index contributed by atoms with van der Waals surface area (Å²) in [7, 11) is 0. The number of nitrogens with zero attached hydrogens (tertiary/aromatic N) is 3. The van der Waals surface area contributed by atoms with Crippen LogP contribution in [0, 0.1) is 0 Å². The number of rotatable bonds is 10. The quantitative estimate of drug-likeness (QED) is 0.215. The summed E-state index contributed by atoms with van der Waals surface area (Å²) in [5.41, 5.74) is 15.9. The van der Waals surface area contributed by atoms with E-state index in [0.29, 0.717) is 43.2 Å². The number of phenols is 2. The molecule has 6 N–H and O–H groups in total. The van der Waals surface area contributed by atoms with E-state index >= 15 is 0 Å². The molecule has 2 heterocycles. The predicted octanol–water partition coefficient (Wildman–Crippen LogP) is 3.49. The number of ether oxygens (including phenoxy) is 1. The van der Waals surface area contributed by atoms with Gasteiger partial charge in [0.15, 0.2) is 17.3 Å². The molecular formula is C25H31N5O3. The van der Waals surface area contributed by atoms with Gasteiger partial charge in [-0.2, -0.15) is 0 Å². The molecule has 2 aromatic carbocycles. The second kappa shape index (κ2) is 10.1. The number of hydrogen-bond donors (Lipinski definition) is 4. The number of aryl methyl sites for hydroxylation is 1. The molecule has 0 aliphatic heterocycles. The Bertz CT molecular complexity index is 1270. The largest absolute Gasteiger partial charge is 0.504 e. The van der Waals surface area contributed by atoms with Crippen molar-refractivity contribution >= 4 is 27.8 Å². The Labute approximate surface area is 192 Å². The Morgan fingerprint density at radius 3 is 2.70 bits per heavy atom. The first-order valence-electron chi connectivity index (χ1n) is 11.4. The van der Waals surface area contributed by atoms with Crippen molar-refractivity contribution < 1.29 is 14.9 Å². The summed E-state index contributed by atoms with van der Waals surface area (Å²) in [6, 6.07) is 11.1. The normalized spacial score (nSPS) is 11.6. The summed E-state index contributed by atoms with van der Waals surface area (Å²) in [6.45, 7) is 4.14. The molecular weight excluding hydrogens is 418 g/mol. The maximum atomic E-state index is 10.4. The molecule has 2 aromatic heterocycles. The fourth-order valence-electron chi connectivity index (χ4n) is 4.11. The first kappa shape index (κ1) is 22.8. The van der Waals surface area contributed by atoms with Crippen molar-refractivity contribution in [3.63, 3.8) is 0 Å². The highest BCUT2D eigenvalue weighted by molar-refractivity contribution is 6.06. The van der Waals surface area contributed by atoms with Crippen LogP contribution in [-0.4, -0.2) is 44.5 Å². The molecule has 0 unspecified atom stereocenters. The van der Waals surface area contributed by atoms with Gasteiger partial charge < -0.3 is 31.0 Å². The zero-order chi connectivity index (χ0) is 23.4. The molecule has 0 saturated heterocycles. The second-order valence-electron chi connectivity index (χ2n) is 8.20. The molecule has 174 valence electrons. The highest BCUT2D eigenvalue weighted by Gasteiger charge is 2.19. The van der Waals surface area contributed by atoms with Crippen LogP contribution < -0.4 is 11.5 Å². The molecule has 0 atom stereocenters. The van der Waals surface area contributed by atoms with Crippen molar-refractivity contribution in [2.75, 3.05) is 25.5 Å². The number of benzene rings is 2. The Balaban J connectivity index is 1.83. The second-order valence-corrected chi connectivity index (χ2v) is 8.20. The zero-order valence-corrected chi connectivity index (χ0v) is 18.9. The average Bonchev–Trinajstić information content (AvgIpc) is 3.17. The number of hydrogen-bond acceptors (Lipinski definition) is 7. The predicted molar refractivity (Wildman–Crippen MR) is 131 cm³/mol. The van der Waals surface area contributed by atoms with E-state index in [-0.39, 0.29) is 11.5 Å². The fraction of sp³-hybridized carbons (Fsp3) is 0.360. The van der Waals surface area contributed by atoms with Gasteiger partial charge in [-0.3, -0.25) is 0 Å². The van der Waals surface area contributed by atoms with Crippen LogP contribution in [-0.2, 0) is 24.1 Å². The Morgan fingerprint density at radius 2 is 1.91 bits per heavy atom. The van der Waals surface area contributed by atoms with E-state index in [1.54, 1.807) is 12.1 Å². The lowest BCUT2D eigenvalue weighted by Gasteiger charge is -2.13. The third kappa shape index (κ3) is 4.72. The lowest BCUT2D eigenvalue weighted by molar-refractivity contribution is 0.145. The summed E-state index contributed by atoms with van der Waals surface area (Å²) >= 11 is 0. The summed E-state index contributed by atoms with van der Waals surface area (Å²) in [5.74, 6) is 1.01. The average molecular weight is 450 g/mol. The molecule has 4 aromatic rings. The smallest absolute Gasteiger partial charge is 0.162 e. The molecule has 0 aliphatic carbocycles. The Morgan fingerprint density at radius 1 is 1.06 bits per heavy atom. The summed E-state index contributed by atoms with van der Waals surface area (Å²) in [5, 5.41) is 21.3. The van der Waals surface area contributed by atoms with E-state index in [0.717, 1.165) is 53.5 Å². The molecule has 0 amide bonds. The number of unbranched alkanes of at least 4 members (excludes halogenated alkanes) is 1. The highest BCUT2D eigenvalue weighted by Crippen LogP contribution is 2.33. The number of nitrogen functional groups attached to an aromatic ring is 1. The van der Waals surface area contributed by atoms with E-state index in [1.807, 2.05) is 12.1 Å². The van der Waals surface area contributed by atoms with Gasteiger partial charge in [-0.05, 0) is 30.5 Å². The lowest BCUT2D eigenvalue weighted by atomic mass is 10.1. The number of nitrogens with two attached hydrogens (primary N) is 2. The maximum Gasteiger partial charge on any atom is 0.162 e. The van der Waals surface area contributed by atoms with Gasteiger partial charge in [0.1, 0.15) is 11.3 Å². The van der Waals surface area contributed by atoms with Gasteiger partial charge >= 0.3 is 0 Å². The monoisotopic (exact) mass is 449 g/mol. The molecule has 4 rings (SSSR count). The van der Waals surface area contributed by atoms with Crippen molar-refractivity contribution in [3.8, 4) is 11.5 Å². The van der Waals surface area contributed by atoms with Gasteiger partial charge in [-0.1, -0.05) is 37.6 Å². The molecule has 8 heteroatoms. The first-order valence-corrected chi connectivity index (χ1v) is 11.4. The van der Waals surface area contributed by atoms with Crippen LogP contribution in [0.4, 0.5) is 5.82 Å². The third-order valence-corrected chi connectivity index (χ3v) is 5.83. The van der Waals surface area contributed by atoms with Crippen molar-refractivity contribution in [3.05, 3.63) is 53.3 Å². The minimum Gasteiger partial charge on any atom is -0.504 e. The van der Waals surface area contributed by atoms with Crippen LogP contribution in [0.15, 0.2) is 36.4 Å². The van der Waals surface area contributed by atoms with Gasteiger partial charge in [0, 0.05) is 23.9 Å². The van der Waals surface area contributed by atoms with E-state index in [4.69, 9.17) is 21.2 Å². The van der Waals surface area contributed by atoms with Crippen molar-refractivity contribution in [1.82, 2.24) is 14.5 Å². The standard InChI is InChI=1S/C25H31N5O3/c1-2-3-7-21-29-22-23(30(21)15-17-5-4-6-20(31)24(17)32)18-9-8-16(10-12-33-13-11-26)14-19(18)28-25(22)27/h4-6,8-9,14,31-32H,2-3,7,10-13,15,26H2,1H3,(H2,27,28). The summed E-state index contributed by atoms with van der Waals surface area (Å²) in [6.07, 6.45) is 3.55. The summed E-state index contributed by atoms with van der Waals surface area (Å²) < 4.78 is 7.60. The number of para-hydroxylation sites is 1. The highest BCUT2D eigenvalue weighted by atomic mass is 16.5. The number of aromatic hydroxyl groups is 2. The SMILES string of the molecule is CCCCc1nc2c(N)nc3cc(CCOCCN)ccc3c2n1Cc1cccc(O)c1O. The molecule has 0 spiro atoms. The van der Waals surface area contributed by atoms with Crippen molar-refractivity contribution in [2.45, 2.75) is 39.2 Å². The van der Waals surface area contributed by atoms with Gasteiger partial charge in [0.05, 0.1) is 30.8 Å². The Kier molecular flexibility index (Phi) is 6.96. The first-order chi connectivity index (χ1) is 16.0. The van der Waals surface area contributed by atoms with E-state index < -0.39 is 0 Å². The minimum absolute atomic E-state index is 0.119. The number of imidazole rings is 1. The number of phenolic OH excluding ortho intramolecular Hbond substituents is 2. The van der Waals surface area contributed by atoms with Crippen molar-refractivity contribution in [2.24, 2.45) is 5.73 Å². The van der Waals surface area contributed by atoms with Gasteiger partial charge in [0.2, 0.25) is 0 Å². The fourth-order valence-corrected chi connectivity index (χ4v) is 4.11. The summed E-state index contributed by atoms with van der Waals surface area (Å²) in [4.78, 5) is 9.47. The topological polar surface area (TPSA) is 132 Å². The lowest BCUT2D eigenvalue weighted by Crippen LogP contribution is -2.10. The zero-order valence-electron chi connectivity index (χ0n) is 18.9. The van der Waals surface area contributed by atoms with Crippen LogP contribution in [0.25, 0.3) is 21.9 Å². The molecule has 0 saturated carbocycles.